The standard InChI is InChI=1S/C23H40O4/c1-3-5-9-12-19(25)14-15-21-20(13-10-7-6-8-11-16-24)22(26)18-23(21)27-17-4-2/h4,7,10,14-15,19-26H,2-3,5-6,8-9,11-13,16-18H2,1H3. The molecule has 1 fully saturated rings. The van der Waals surface area contributed by atoms with Crippen molar-refractivity contribution in [1.82, 2.24) is 0 Å². The molecule has 1 aliphatic rings. The molecular weight excluding hydrogens is 340 g/mol. The van der Waals surface area contributed by atoms with Crippen LogP contribution in [0.25, 0.3) is 0 Å². The van der Waals surface area contributed by atoms with Crippen LogP contribution in [0, 0.1) is 11.8 Å². The van der Waals surface area contributed by atoms with E-state index in [0.29, 0.717) is 13.0 Å². The van der Waals surface area contributed by atoms with Crippen molar-refractivity contribution in [3.05, 3.63) is 37.0 Å². The molecule has 1 saturated carbocycles. The van der Waals surface area contributed by atoms with E-state index in [0.717, 1.165) is 51.4 Å². The molecule has 5 atom stereocenters. The van der Waals surface area contributed by atoms with Gasteiger partial charge in [0.2, 0.25) is 0 Å². The number of allylic oxidation sites excluding steroid dienone is 2. The van der Waals surface area contributed by atoms with Gasteiger partial charge >= 0.3 is 0 Å². The Kier molecular flexibility index (Phi) is 13.4. The lowest BCUT2D eigenvalue weighted by atomic mass is 9.89. The van der Waals surface area contributed by atoms with Crippen molar-refractivity contribution in [2.24, 2.45) is 11.8 Å². The maximum Gasteiger partial charge on any atom is 0.0721 e. The molecule has 0 aromatic carbocycles. The molecule has 1 aliphatic carbocycles. The van der Waals surface area contributed by atoms with E-state index in [1.54, 1.807) is 6.08 Å². The summed E-state index contributed by atoms with van der Waals surface area (Å²) in [5.74, 6) is 0.205. The van der Waals surface area contributed by atoms with E-state index in [1.807, 2.05) is 6.08 Å². The van der Waals surface area contributed by atoms with E-state index >= 15 is 0 Å². The summed E-state index contributed by atoms with van der Waals surface area (Å²) in [6, 6.07) is 0. The lowest BCUT2D eigenvalue weighted by Crippen LogP contribution is -2.22. The normalized spacial score (nSPS) is 27.0. The van der Waals surface area contributed by atoms with Crippen molar-refractivity contribution in [2.75, 3.05) is 13.2 Å². The molecule has 0 spiro atoms. The first kappa shape index (κ1) is 24.1. The van der Waals surface area contributed by atoms with Crippen molar-refractivity contribution in [2.45, 2.75) is 83.0 Å². The molecule has 0 saturated heterocycles. The lowest BCUT2D eigenvalue weighted by molar-refractivity contribution is 0.0499. The Labute approximate surface area is 165 Å². The van der Waals surface area contributed by atoms with Gasteiger partial charge in [-0.25, -0.2) is 0 Å². The molecule has 0 aliphatic heterocycles. The maximum atomic E-state index is 10.5. The molecule has 0 heterocycles. The molecule has 4 heteroatoms. The van der Waals surface area contributed by atoms with Gasteiger partial charge in [-0.1, -0.05) is 56.6 Å². The zero-order valence-corrected chi connectivity index (χ0v) is 17.0. The van der Waals surface area contributed by atoms with Crippen molar-refractivity contribution < 1.29 is 20.1 Å². The highest BCUT2D eigenvalue weighted by Crippen LogP contribution is 2.38. The molecule has 0 aromatic rings. The van der Waals surface area contributed by atoms with Gasteiger partial charge in [0, 0.05) is 18.9 Å². The highest BCUT2D eigenvalue weighted by molar-refractivity contribution is 5.06. The van der Waals surface area contributed by atoms with Crippen LogP contribution in [-0.2, 0) is 4.74 Å². The summed E-state index contributed by atoms with van der Waals surface area (Å²) in [4.78, 5) is 0. The molecule has 4 nitrogen and oxygen atoms in total. The summed E-state index contributed by atoms with van der Waals surface area (Å²) < 4.78 is 5.89. The number of unbranched alkanes of at least 4 members (excludes halogenated alkanes) is 4. The Hall–Kier alpha value is -0.940. The number of aliphatic hydroxyl groups is 3. The second-order valence-corrected chi connectivity index (χ2v) is 7.58. The van der Waals surface area contributed by atoms with E-state index in [9.17, 15) is 10.2 Å². The second kappa shape index (κ2) is 15.0. The second-order valence-electron chi connectivity index (χ2n) is 7.58. The first-order valence-corrected chi connectivity index (χ1v) is 10.7. The minimum absolute atomic E-state index is 0.0371. The molecule has 0 aromatic heterocycles. The van der Waals surface area contributed by atoms with Crippen LogP contribution in [0.1, 0.15) is 64.7 Å². The summed E-state index contributed by atoms with van der Waals surface area (Å²) in [5, 5.41) is 29.6. The molecule has 0 amide bonds. The van der Waals surface area contributed by atoms with Gasteiger partial charge in [-0.05, 0) is 38.0 Å². The first-order chi connectivity index (χ1) is 13.1. The van der Waals surface area contributed by atoms with Crippen LogP contribution in [0.3, 0.4) is 0 Å². The molecule has 5 unspecified atom stereocenters. The van der Waals surface area contributed by atoms with Crippen LogP contribution in [-0.4, -0.2) is 46.8 Å². The zero-order chi connectivity index (χ0) is 19.9. The monoisotopic (exact) mass is 380 g/mol. The quantitative estimate of drug-likeness (QED) is 0.295. The SMILES string of the molecule is C=CCOC1CC(O)C(CC=CCCCCO)C1C=CC(O)CCCCC. The predicted molar refractivity (Wildman–Crippen MR) is 112 cm³/mol. The van der Waals surface area contributed by atoms with E-state index in [1.165, 1.54) is 0 Å². The average molecular weight is 381 g/mol. The third kappa shape index (κ3) is 9.70. The minimum atomic E-state index is -0.427. The van der Waals surface area contributed by atoms with Crippen molar-refractivity contribution in [3.8, 4) is 0 Å². The van der Waals surface area contributed by atoms with Crippen molar-refractivity contribution in [3.63, 3.8) is 0 Å². The van der Waals surface area contributed by atoms with Gasteiger partial charge in [0.15, 0.2) is 0 Å². The molecule has 156 valence electrons. The third-order valence-electron chi connectivity index (χ3n) is 5.33. The summed E-state index contributed by atoms with van der Waals surface area (Å²) in [5.41, 5.74) is 0. The zero-order valence-electron chi connectivity index (χ0n) is 17.0. The van der Waals surface area contributed by atoms with Gasteiger partial charge in [-0.15, -0.1) is 6.58 Å². The third-order valence-corrected chi connectivity index (χ3v) is 5.33. The van der Waals surface area contributed by atoms with Gasteiger partial charge in [0.25, 0.3) is 0 Å². The molecule has 0 radical (unpaired) electrons. The van der Waals surface area contributed by atoms with Crippen molar-refractivity contribution in [1.29, 1.82) is 0 Å². The number of ether oxygens (including phenoxy) is 1. The summed E-state index contributed by atoms with van der Waals surface area (Å²) in [6.07, 6.45) is 17.4. The number of rotatable bonds is 15. The summed E-state index contributed by atoms with van der Waals surface area (Å²) >= 11 is 0. The van der Waals surface area contributed by atoms with Gasteiger partial charge < -0.3 is 20.1 Å². The number of hydrogen-bond donors (Lipinski definition) is 3. The fourth-order valence-corrected chi connectivity index (χ4v) is 3.76. The smallest absolute Gasteiger partial charge is 0.0721 e. The lowest BCUT2D eigenvalue weighted by Gasteiger charge is -2.22. The van der Waals surface area contributed by atoms with Gasteiger partial charge in [-0.2, -0.15) is 0 Å². The van der Waals surface area contributed by atoms with E-state index in [-0.39, 0.29) is 24.5 Å². The van der Waals surface area contributed by atoms with E-state index < -0.39 is 12.2 Å². The maximum absolute atomic E-state index is 10.5. The molecule has 1 rings (SSSR count). The van der Waals surface area contributed by atoms with Crippen LogP contribution < -0.4 is 0 Å². The van der Waals surface area contributed by atoms with Crippen LogP contribution in [0.15, 0.2) is 37.0 Å². The Balaban J connectivity index is 2.65. The molecular formula is C23H40O4. The number of aliphatic hydroxyl groups excluding tert-OH is 3. The fourth-order valence-electron chi connectivity index (χ4n) is 3.76. The fraction of sp³-hybridized carbons (Fsp3) is 0.739. The van der Waals surface area contributed by atoms with Gasteiger partial charge in [0.1, 0.15) is 0 Å². The molecule has 3 N–H and O–H groups in total. The highest BCUT2D eigenvalue weighted by atomic mass is 16.5. The topological polar surface area (TPSA) is 69.9 Å². The van der Waals surface area contributed by atoms with E-state index in [4.69, 9.17) is 9.84 Å². The Bertz CT molecular complexity index is 432. The summed E-state index contributed by atoms with van der Waals surface area (Å²) in [6.45, 7) is 6.59. The van der Waals surface area contributed by atoms with Gasteiger partial charge in [-0.3, -0.25) is 0 Å². The minimum Gasteiger partial charge on any atom is -0.396 e. The largest absolute Gasteiger partial charge is 0.396 e. The Morgan fingerprint density at radius 2 is 2.00 bits per heavy atom. The Morgan fingerprint density at radius 1 is 1.19 bits per heavy atom. The van der Waals surface area contributed by atoms with Crippen LogP contribution in [0.4, 0.5) is 0 Å². The van der Waals surface area contributed by atoms with Crippen molar-refractivity contribution >= 4 is 0 Å². The first-order valence-electron chi connectivity index (χ1n) is 10.7. The van der Waals surface area contributed by atoms with Crippen LogP contribution in [0.2, 0.25) is 0 Å². The van der Waals surface area contributed by atoms with E-state index in [2.05, 4.69) is 31.7 Å². The Morgan fingerprint density at radius 3 is 2.70 bits per heavy atom. The van der Waals surface area contributed by atoms with Crippen LogP contribution >= 0.6 is 0 Å². The molecule has 27 heavy (non-hydrogen) atoms. The van der Waals surface area contributed by atoms with Gasteiger partial charge in [0.05, 0.1) is 24.9 Å². The highest BCUT2D eigenvalue weighted by Gasteiger charge is 2.40. The predicted octanol–water partition coefficient (Wildman–Crippen LogP) is 4.16. The van der Waals surface area contributed by atoms with Crippen LogP contribution in [0.5, 0.6) is 0 Å². The molecule has 0 bridgehead atoms. The number of hydrogen-bond acceptors (Lipinski definition) is 4. The summed E-state index contributed by atoms with van der Waals surface area (Å²) in [7, 11) is 0. The average Bonchev–Trinajstić information content (AvgIpc) is 2.96.